The van der Waals surface area contributed by atoms with Gasteiger partial charge in [-0.2, -0.15) is 0 Å². The van der Waals surface area contributed by atoms with E-state index in [9.17, 15) is 9.18 Å². The summed E-state index contributed by atoms with van der Waals surface area (Å²) < 4.78 is 13.5. The number of hydrogen-bond acceptors (Lipinski definition) is 2. The van der Waals surface area contributed by atoms with Crippen molar-refractivity contribution in [2.75, 3.05) is 13.1 Å². The molecule has 2 rings (SSSR count). The molecule has 3 nitrogen and oxygen atoms in total. The number of carbonyl (C=O) groups is 1. The van der Waals surface area contributed by atoms with Gasteiger partial charge in [0.1, 0.15) is 5.82 Å². The second kappa shape index (κ2) is 5.36. The number of benzene rings is 1. The number of nitrogens with one attached hydrogen (secondary N) is 1. The van der Waals surface area contributed by atoms with Crippen LogP contribution in [0.15, 0.2) is 22.7 Å². The van der Waals surface area contributed by atoms with Gasteiger partial charge in [-0.3, -0.25) is 4.79 Å². The van der Waals surface area contributed by atoms with Gasteiger partial charge in [0, 0.05) is 30.7 Å². The minimum atomic E-state index is -0.354. The third-order valence-corrected chi connectivity index (χ3v) is 3.84. The number of nitrogens with zero attached hydrogens (tertiary/aromatic N) is 1. The van der Waals surface area contributed by atoms with Crippen molar-refractivity contribution in [3.8, 4) is 0 Å². The van der Waals surface area contributed by atoms with Crippen molar-refractivity contribution in [3.63, 3.8) is 0 Å². The predicted octanol–water partition coefficient (Wildman–Crippen LogP) is 2.41. The Balaban J connectivity index is 2.26. The van der Waals surface area contributed by atoms with Crippen molar-refractivity contribution in [1.29, 1.82) is 0 Å². The van der Waals surface area contributed by atoms with Gasteiger partial charge in [0.15, 0.2) is 0 Å². The maximum atomic E-state index is 13.2. The normalized spacial score (nSPS) is 24.1. The lowest BCUT2D eigenvalue weighted by atomic mass is 10.1. The van der Waals surface area contributed by atoms with E-state index in [1.54, 1.807) is 6.07 Å². The van der Waals surface area contributed by atoms with Gasteiger partial charge in [-0.25, -0.2) is 4.39 Å². The Morgan fingerprint density at radius 2 is 2.00 bits per heavy atom. The summed E-state index contributed by atoms with van der Waals surface area (Å²) in [6, 6.07) is 4.67. The van der Waals surface area contributed by atoms with E-state index < -0.39 is 0 Å². The molecule has 1 heterocycles. The Labute approximate surface area is 114 Å². The number of carbonyl (C=O) groups excluding carboxylic acids is 1. The summed E-state index contributed by atoms with van der Waals surface area (Å²) >= 11 is 3.11. The van der Waals surface area contributed by atoms with Gasteiger partial charge < -0.3 is 10.2 Å². The summed E-state index contributed by atoms with van der Waals surface area (Å²) in [6.07, 6.45) is 0. The summed E-state index contributed by atoms with van der Waals surface area (Å²) in [4.78, 5) is 14.3. The predicted molar refractivity (Wildman–Crippen MR) is 72.1 cm³/mol. The van der Waals surface area contributed by atoms with Gasteiger partial charge in [0.2, 0.25) is 0 Å². The standard InChI is InChI=1S/C13H16BrFN2O/c1-8-6-16-7-9(2)17(8)13(18)10-3-4-12(15)11(14)5-10/h3-5,8-9,16H,6-7H2,1-2H3. The smallest absolute Gasteiger partial charge is 0.254 e. The van der Waals surface area contributed by atoms with E-state index in [1.807, 2.05) is 18.7 Å². The number of piperazine rings is 1. The fraction of sp³-hybridized carbons (Fsp3) is 0.462. The first kappa shape index (κ1) is 13.5. The second-order valence-electron chi connectivity index (χ2n) is 4.70. The van der Waals surface area contributed by atoms with E-state index in [0.717, 1.165) is 13.1 Å². The Morgan fingerprint density at radius 1 is 1.39 bits per heavy atom. The first-order valence-corrected chi connectivity index (χ1v) is 6.78. The van der Waals surface area contributed by atoms with Crippen LogP contribution in [0.5, 0.6) is 0 Å². The van der Waals surface area contributed by atoms with Crippen LogP contribution in [0.4, 0.5) is 4.39 Å². The fourth-order valence-electron chi connectivity index (χ4n) is 2.31. The van der Waals surface area contributed by atoms with Crippen molar-refractivity contribution < 1.29 is 9.18 Å². The molecule has 0 radical (unpaired) electrons. The first-order chi connectivity index (χ1) is 8.50. The largest absolute Gasteiger partial charge is 0.331 e. The van der Waals surface area contributed by atoms with Crippen LogP contribution in [0.2, 0.25) is 0 Å². The second-order valence-corrected chi connectivity index (χ2v) is 5.55. The lowest BCUT2D eigenvalue weighted by Gasteiger charge is -2.39. The Bertz CT molecular complexity index is 456. The van der Waals surface area contributed by atoms with E-state index in [1.165, 1.54) is 12.1 Å². The van der Waals surface area contributed by atoms with Gasteiger partial charge in [-0.1, -0.05) is 0 Å². The first-order valence-electron chi connectivity index (χ1n) is 5.99. The topological polar surface area (TPSA) is 32.3 Å². The van der Waals surface area contributed by atoms with Crippen molar-refractivity contribution in [2.45, 2.75) is 25.9 Å². The average Bonchev–Trinajstić information content (AvgIpc) is 2.32. The van der Waals surface area contributed by atoms with Gasteiger partial charge >= 0.3 is 0 Å². The molecule has 1 aliphatic heterocycles. The van der Waals surface area contributed by atoms with Crippen LogP contribution in [0.3, 0.4) is 0 Å². The Hall–Kier alpha value is -0.940. The molecule has 1 fully saturated rings. The maximum absolute atomic E-state index is 13.2. The SMILES string of the molecule is CC1CNCC(C)N1C(=O)c1ccc(F)c(Br)c1. The summed E-state index contributed by atoms with van der Waals surface area (Å²) in [5, 5.41) is 3.28. The van der Waals surface area contributed by atoms with E-state index in [4.69, 9.17) is 0 Å². The number of hydrogen-bond donors (Lipinski definition) is 1. The molecular weight excluding hydrogens is 299 g/mol. The van der Waals surface area contributed by atoms with Crippen LogP contribution in [-0.2, 0) is 0 Å². The zero-order valence-corrected chi connectivity index (χ0v) is 12.0. The summed E-state index contributed by atoms with van der Waals surface area (Å²) in [5.41, 5.74) is 0.517. The van der Waals surface area contributed by atoms with Crippen LogP contribution >= 0.6 is 15.9 Å². The molecule has 1 aromatic carbocycles. The molecule has 1 aliphatic rings. The Kier molecular flexibility index (Phi) is 4.02. The van der Waals surface area contributed by atoms with Crippen LogP contribution in [0, 0.1) is 5.82 Å². The quantitative estimate of drug-likeness (QED) is 0.863. The lowest BCUT2D eigenvalue weighted by molar-refractivity contribution is 0.0544. The van der Waals surface area contributed by atoms with Gasteiger partial charge in [0.05, 0.1) is 4.47 Å². The molecule has 0 spiro atoms. The monoisotopic (exact) mass is 314 g/mol. The summed E-state index contributed by atoms with van der Waals surface area (Å²) in [5.74, 6) is -0.398. The molecule has 0 aromatic heterocycles. The highest BCUT2D eigenvalue weighted by Crippen LogP contribution is 2.20. The van der Waals surface area contributed by atoms with E-state index >= 15 is 0 Å². The number of amides is 1. The fourth-order valence-corrected chi connectivity index (χ4v) is 2.69. The van der Waals surface area contributed by atoms with Gasteiger partial charge in [-0.15, -0.1) is 0 Å². The van der Waals surface area contributed by atoms with Gasteiger partial charge in [0.25, 0.3) is 5.91 Å². The third kappa shape index (κ3) is 2.57. The molecule has 0 saturated carbocycles. The molecule has 0 aliphatic carbocycles. The van der Waals surface area contributed by atoms with Crippen molar-refractivity contribution in [3.05, 3.63) is 34.1 Å². The maximum Gasteiger partial charge on any atom is 0.254 e. The molecule has 5 heteroatoms. The zero-order chi connectivity index (χ0) is 13.3. The molecule has 1 saturated heterocycles. The minimum Gasteiger partial charge on any atom is -0.331 e. The summed E-state index contributed by atoms with van der Waals surface area (Å²) in [6.45, 7) is 5.61. The van der Waals surface area contributed by atoms with Crippen molar-refractivity contribution in [2.24, 2.45) is 0 Å². The number of halogens is 2. The van der Waals surface area contributed by atoms with E-state index in [-0.39, 0.29) is 23.8 Å². The molecule has 98 valence electrons. The number of rotatable bonds is 1. The van der Waals surface area contributed by atoms with Crippen molar-refractivity contribution in [1.82, 2.24) is 10.2 Å². The highest BCUT2D eigenvalue weighted by Gasteiger charge is 2.29. The van der Waals surface area contributed by atoms with Crippen LogP contribution < -0.4 is 5.32 Å². The molecular formula is C13H16BrFN2O. The van der Waals surface area contributed by atoms with Crippen LogP contribution in [-0.4, -0.2) is 36.0 Å². The average molecular weight is 315 g/mol. The molecule has 1 N–H and O–H groups in total. The minimum absolute atomic E-state index is 0.0443. The Morgan fingerprint density at radius 3 is 2.56 bits per heavy atom. The molecule has 0 bridgehead atoms. The summed E-state index contributed by atoms with van der Waals surface area (Å²) in [7, 11) is 0. The van der Waals surface area contributed by atoms with Crippen molar-refractivity contribution >= 4 is 21.8 Å². The molecule has 18 heavy (non-hydrogen) atoms. The molecule has 1 amide bonds. The van der Waals surface area contributed by atoms with Gasteiger partial charge in [-0.05, 0) is 48.0 Å². The molecule has 2 unspecified atom stereocenters. The third-order valence-electron chi connectivity index (χ3n) is 3.23. The molecule has 2 atom stereocenters. The van der Waals surface area contributed by atoms with Crippen LogP contribution in [0.25, 0.3) is 0 Å². The van der Waals surface area contributed by atoms with Crippen LogP contribution in [0.1, 0.15) is 24.2 Å². The van der Waals surface area contributed by atoms with E-state index in [0.29, 0.717) is 10.0 Å². The zero-order valence-electron chi connectivity index (χ0n) is 10.4. The molecule has 1 aromatic rings. The highest BCUT2D eigenvalue weighted by molar-refractivity contribution is 9.10. The van der Waals surface area contributed by atoms with E-state index in [2.05, 4.69) is 21.2 Å². The lowest BCUT2D eigenvalue weighted by Crippen LogP contribution is -2.57. The highest BCUT2D eigenvalue weighted by atomic mass is 79.9.